The third-order valence-electron chi connectivity index (χ3n) is 3.16. The summed E-state index contributed by atoms with van der Waals surface area (Å²) in [7, 11) is 1.67. The zero-order valence-electron chi connectivity index (χ0n) is 11.4. The Morgan fingerprint density at radius 3 is 2.56 bits per heavy atom. The molecule has 0 saturated carbocycles. The predicted octanol–water partition coefficient (Wildman–Crippen LogP) is 1.85. The number of hydrogen-bond acceptors (Lipinski definition) is 3. The van der Waals surface area contributed by atoms with Gasteiger partial charge in [-0.3, -0.25) is 4.79 Å². The van der Waals surface area contributed by atoms with E-state index in [1.54, 1.807) is 27.0 Å². The number of aliphatic hydroxyl groups is 1. The van der Waals surface area contributed by atoms with Crippen molar-refractivity contribution in [2.75, 3.05) is 13.6 Å². The van der Waals surface area contributed by atoms with Gasteiger partial charge in [-0.25, -0.2) is 0 Å². The lowest BCUT2D eigenvalue weighted by Gasteiger charge is -2.19. The second-order valence-electron chi connectivity index (χ2n) is 4.77. The molecule has 1 unspecified atom stereocenters. The normalized spacial score (nSPS) is 12.3. The van der Waals surface area contributed by atoms with Gasteiger partial charge < -0.3 is 15.1 Å². The molecule has 0 aliphatic rings. The van der Waals surface area contributed by atoms with Gasteiger partial charge >= 0.3 is 0 Å². The van der Waals surface area contributed by atoms with Gasteiger partial charge in [0.25, 0.3) is 5.91 Å². The maximum Gasteiger partial charge on any atom is 0.257 e. The summed E-state index contributed by atoms with van der Waals surface area (Å²) >= 11 is 0. The first kappa shape index (κ1) is 14.5. The van der Waals surface area contributed by atoms with E-state index in [9.17, 15) is 15.0 Å². The van der Waals surface area contributed by atoms with Gasteiger partial charge in [0.1, 0.15) is 5.75 Å². The molecule has 0 aliphatic heterocycles. The lowest BCUT2D eigenvalue weighted by atomic mass is 10.0. The van der Waals surface area contributed by atoms with Crippen molar-refractivity contribution in [3.63, 3.8) is 0 Å². The van der Waals surface area contributed by atoms with E-state index < -0.39 is 6.10 Å². The van der Waals surface area contributed by atoms with E-state index in [0.29, 0.717) is 18.5 Å². The number of aromatic hydroxyl groups is 1. The van der Waals surface area contributed by atoms with Crippen LogP contribution in [0, 0.1) is 13.8 Å². The number of carbonyl (C=O) groups excluding carboxylic acids is 1. The lowest BCUT2D eigenvalue weighted by Crippen LogP contribution is -2.29. The molecule has 1 aromatic rings. The van der Waals surface area contributed by atoms with Crippen LogP contribution in [0.3, 0.4) is 0 Å². The van der Waals surface area contributed by atoms with E-state index in [-0.39, 0.29) is 11.7 Å². The molecule has 1 aromatic carbocycles. The minimum atomic E-state index is -0.436. The van der Waals surface area contributed by atoms with Crippen LogP contribution >= 0.6 is 0 Å². The standard InChI is InChI=1S/C14H21NO3/c1-9-5-6-12(13(17)11(9)3)14(18)15(4)8-7-10(2)16/h5-6,10,16-17H,7-8H2,1-4H3. The van der Waals surface area contributed by atoms with Crippen LogP contribution in [0.25, 0.3) is 0 Å². The molecule has 0 saturated heterocycles. The van der Waals surface area contributed by atoms with E-state index in [1.807, 2.05) is 13.0 Å². The molecule has 0 fully saturated rings. The van der Waals surface area contributed by atoms with Crippen LogP contribution in [0.15, 0.2) is 12.1 Å². The Morgan fingerprint density at radius 2 is 2.00 bits per heavy atom. The topological polar surface area (TPSA) is 60.8 Å². The number of aryl methyl sites for hydroxylation is 1. The SMILES string of the molecule is Cc1ccc(C(=O)N(C)CCC(C)O)c(O)c1C. The molecule has 0 spiro atoms. The lowest BCUT2D eigenvalue weighted by molar-refractivity contribution is 0.0766. The smallest absolute Gasteiger partial charge is 0.257 e. The summed E-state index contributed by atoms with van der Waals surface area (Å²) in [5.41, 5.74) is 1.99. The second-order valence-corrected chi connectivity index (χ2v) is 4.77. The number of rotatable bonds is 4. The number of nitrogens with zero attached hydrogens (tertiary/aromatic N) is 1. The first-order valence-corrected chi connectivity index (χ1v) is 6.07. The van der Waals surface area contributed by atoms with Crippen LogP contribution in [0.1, 0.15) is 34.8 Å². The monoisotopic (exact) mass is 251 g/mol. The molecule has 0 heterocycles. The van der Waals surface area contributed by atoms with E-state index in [2.05, 4.69) is 0 Å². The van der Waals surface area contributed by atoms with Crippen molar-refractivity contribution in [1.82, 2.24) is 4.90 Å². The molecule has 4 nitrogen and oxygen atoms in total. The van der Waals surface area contributed by atoms with E-state index in [0.717, 1.165) is 11.1 Å². The quantitative estimate of drug-likeness (QED) is 0.858. The molecule has 0 radical (unpaired) electrons. The summed E-state index contributed by atoms with van der Waals surface area (Å²) in [5, 5.41) is 19.2. The average molecular weight is 251 g/mol. The highest BCUT2D eigenvalue weighted by molar-refractivity contribution is 5.97. The molecular weight excluding hydrogens is 230 g/mol. The summed E-state index contributed by atoms with van der Waals surface area (Å²) in [4.78, 5) is 13.6. The molecule has 18 heavy (non-hydrogen) atoms. The number of benzene rings is 1. The third kappa shape index (κ3) is 3.23. The Morgan fingerprint density at radius 1 is 1.39 bits per heavy atom. The molecule has 1 atom stereocenters. The Kier molecular flexibility index (Phi) is 4.73. The summed E-state index contributed by atoms with van der Waals surface area (Å²) < 4.78 is 0. The Balaban J connectivity index is 2.87. The highest BCUT2D eigenvalue weighted by atomic mass is 16.3. The third-order valence-corrected chi connectivity index (χ3v) is 3.16. The fraction of sp³-hybridized carbons (Fsp3) is 0.500. The Hall–Kier alpha value is -1.55. The molecule has 0 aromatic heterocycles. The number of hydrogen-bond donors (Lipinski definition) is 2. The second kappa shape index (κ2) is 5.87. The minimum absolute atomic E-state index is 0.0453. The van der Waals surface area contributed by atoms with Gasteiger partial charge in [0.15, 0.2) is 0 Å². The average Bonchev–Trinajstić information content (AvgIpc) is 2.32. The summed E-state index contributed by atoms with van der Waals surface area (Å²) in [6.45, 7) is 5.83. The van der Waals surface area contributed by atoms with Crippen LogP contribution in [0.4, 0.5) is 0 Å². The van der Waals surface area contributed by atoms with Gasteiger partial charge in [0.05, 0.1) is 11.7 Å². The van der Waals surface area contributed by atoms with Crippen molar-refractivity contribution in [1.29, 1.82) is 0 Å². The summed E-state index contributed by atoms with van der Waals surface area (Å²) in [6, 6.07) is 3.46. The fourth-order valence-corrected chi connectivity index (χ4v) is 1.66. The van der Waals surface area contributed by atoms with Crippen molar-refractivity contribution in [2.24, 2.45) is 0 Å². The van der Waals surface area contributed by atoms with E-state index in [1.165, 1.54) is 4.90 Å². The highest BCUT2D eigenvalue weighted by Crippen LogP contribution is 2.25. The van der Waals surface area contributed by atoms with Gasteiger partial charge in [-0.05, 0) is 44.4 Å². The van der Waals surface area contributed by atoms with Crippen molar-refractivity contribution < 1.29 is 15.0 Å². The first-order valence-electron chi connectivity index (χ1n) is 6.07. The van der Waals surface area contributed by atoms with Gasteiger partial charge in [-0.15, -0.1) is 0 Å². The number of carbonyl (C=O) groups is 1. The van der Waals surface area contributed by atoms with Crippen LogP contribution in [0.5, 0.6) is 5.75 Å². The highest BCUT2D eigenvalue weighted by Gasteiger charge is 2.17. The van der Waals surface area contributed by atoms with Crippen LogP contribution in [-0.4, -0.2) is 40.7 Å². The van der Waals surface area contributed by atoms with Gasteiger partial charge in [-0.1, -0.05) is 6.07 Å². The van der Waals surface area contributed by atoms with Crippen molar-refractivity contribution in [3.05, 3.63) is 28.8 Å². The van der Waals surface area contributed by atoms with Crippen LogP contribution in [-0.2, 0) is 0 Å². The first-order chi connectivity index (χ1) is 8.34. The molecule has 1 amide bonds. The van der Waals surface area contributed by atoms with Crippen LogP contribution < -0.4 is 0 Å². The van der Waals surface area contributed by atoms with Crippen LogP contribution in [0.2, 0.25) is 0 Å². The van der Waals surface area contributed by atoms with E-state index >= 15 is 0 Å². The number of phenolic OH excluding ortho intramolecular Hbond substituents is 1. The van der Waals surface area contributed by atoms with Crippen molar-refractivity contribution in [3.8, 4) is 5.75 Å². The molecule has 100 valence electrons. The predicted molar refractivity (Wildman–Crippen MR) is 70.8 cm³/mol. The summed E-state index contributed by atoms with van der Waals surface area (Å²) in [6.07, 6.45) is 0.0852. The largest absolute Gasteiger partial charge is 0.507 e. The molecule has 0 bridgehead atoms. The zero-order chi connectivity index (χ0) is 13.9. The van der Waals surface area contributed by atoms with E-state index in [4.69, 9.17) is 0 Å². The van der Waals surface area contributed by atoms with Crippen molar-refractivity contribution >= 4 is 5.91 Å². The molecular formula is C14H21NO3. The Bertz CT molecular complexity index is 441. The maximum atomic E-state index is 12.1. The summed E-state index contributed by atoms with van der Waals surface area (Å²) in [5.74, 6) is -0.180. The van der Waals surface area contributed by atoms with Crippen molar-refractivity contribution in [2.45, 2.75) is 33.3 Å². The molecule has 0 aliphatic carbocycles. The molecule has 1 rings (SSSR count). The number of aliphatic hydroxyl groups excluding tert-OH is 1. The van der Waals surface area contributed by atoms with Gasteiger partial charge in [0.2, 0.25) is 0 Å². The van der Waals surface area contributed by atoms with Gasteiger partial charge in [-0.2, -0.15) is 0 Å². The molecule has 2 N–H and O–H groups in total. The zero-order valence-corrected chi connectivity index (χ0v) is 11.4. The minimum Gasteiger partial charge on any atom is -0.507 e. The Labute approximate surface area is 108 Å². The van der Waals surface area contributed by atoms with Gasteiger partial charge in [0, 0.05) is 13.6 Å². The maximum absolute atomic E-state index is 12.1. The molecule has 4 heteroatoms. The number of amides is 1. The fourth-order valence-electron chi connectivity index (χ4n) is 1.66. The number of phenols is 1.